The summed E-state index contributed by atoms with van der Waals surface area (Å²) < 4.78 is 5.11. The number of hydrogen-bond donors (Lipinski definition) is 4. The van der Waals surface area contributed by atoms with Crippen LogP contribution in [0.5, 0.6) is 17.2 Å². The van der Waals surface area contributed by atoms with Crippen LogP contribution in [0.1, 0.15) is 0 Å². The van der Waals surface area contributed by atoms with Gasteiger partial charge < -0.3 is 25.6 Å². The van der Waals surface area contributed by atoms with Gasteiger partial charge in [0.05, 0.1) is 5.69 Å². The second-order valence-electron chi connectivity index (χ2n) is 4.40. The number of hydrogen-bond acceptors (Lipinski definition) is 7. The Hall–Kier alpha value is -3.22. The van der Waals surface area contributed by atoms with E-state index in [1.807, 2.05) is 0 Å². The topological polar surface area (TPSA) is 126 Å². The molecule has 0 saturated heterocycles. The molecule has 0 saturated carbocycles. The fourth-order valence-corrected chi connectivity index (χ4v) is 1.80. The van der Waals surface area contributed by atoms with E-state index in [1.54, 1.807) is 12.1 Å². The van der Waals surface area contributed by atoms with E-state index in [9.17, 15) is 15.3 Å². The van der Waals surface area contributed by atoms with E-state index < -0.39 is 0 Å². The molecule has 0 spiro atoms. The average molecular weight is 285 g/mol. The first-order chi connectivity index (χ1) is 10.0. The van der Waals surface area contributed by atoms with Crippen LogP contribution < -0.4 is 5.73 Å². The molecule has 3 aromatic rings. The molecule has 0 amide bonds. The van der Waals surface area contributed by atoms with Gasteiger partial charge in [0, 0.05) is 11.1 Å². The molecule has 0 aliphatic heterocycles. The summed E-state index contributed by atoms with van der Waals surface area (Å²) in [6.45, 7) is 0. The first kappa shape index (κ1) is 12.8. The van der Waals surface area contributed by atoms with E-state index in [0.29, 0.717) is 11.1 Å². The molecule has 0 bridgehead atoms. The normalized spacial score (nSPS) is 10.7. The molecule has 2 aromatic carbocycles. The Kier molecular flexibility index (Phi) is 2.87. The van der Waals surface area contributed by atoms with Gasteiger partial charge in [-0.05, 0) is 36.4 Å². The van der Waals surface area contributed by atoms with Gasteiger partial charge in [-0.1, -0.05) is 5.16 Å². The van der Waals surface area contributed by atoms with Gasteiger partial charge >= 0.3 is 0 Å². The predicted molar refractivity (Wildman–Crippen MR) is 74.6 cm³/mol. The van der Waals surface area contributed by atoms with E-state index in [2.05, 4.69) is 10.1 Å². The van der Waals surface area contributed by atoms with Crippen LogP contribution in [0, 0.1) is 0 Å². The molecule has 1 aromatic heterocycles. The van der Waals surface area contributed by atoms with E-state index in [-0.39, 0.29) is 34.7 Å². The highest BCUT2D eigenvalue weighted by molar-refractivity contribution is 5.66. The van der Waals surface area contributed by atoms with Crippen molar-refractivity contribution in [2.75, 3.05) is 5.73 Å². The predicted octanol–water partition coefficient (Wildman–Crippen LogP) is 2.10. The van der Waals surface area contributed by atoms with E-state index in [4.69, 9.17) is 10.3 Å². The molecule has 21 heavy (non-hydrogen) atoms. The van der Waals surface area contributed by atoms with Gasteiger partial charge in [0.15, 0.2) is 11.5 Å². The third-order valence-electron chi connectivity index (χ3n) is 2.94. The molecule has 106 valence electrons. The molecule has 3 rings (SSSR count). The number of rotatable bonds is 2. The number of phenolic OH excluding ortho intramolecular Hbond substituents is 3. The minimum atomic E-state index is -0.274. The second-order valence-corrected chi connectivity index (χ2v) is 4.40. The van der Waals surface area contributed by atoms with Crippen LogP contribution >= 0.6 is 0 Å². The lowest BCUT2D eigenvalue weighted by Crippen LogP contribution is -1.86. The minimum Gasteiger partial charge on any atom is -0.506 e. The summed E-state index contributed by atoms with van der Waals surface area (Å²) in [5, 5.41) is 32.1. The molecule has 0 fully saturated rings. The van der Waals surface area contributed by atoms with Gasteiger partial charge in [0.25, 0.3) is 5.89 Å². The first-order valence-electron chi connectivity index (χ1n) is 5.99. The summed E-state index contributed by atoms with van der Waals surface area (Å²) in [6, 6.07) is 8.78. The molecule has 0 unspecified atom stereocenters. The standard InChI is InChI=1S/C14H11N3O4/c15-9-3-1-8(6-11(9)19)14-16-13(17-21-14)7-2-4-10(18)12(20)5-7/h1-6,18-20H,15H2. The molecular formula is C14H11N3O4. The Balaban J connectivity index is 1.99. The molecule has 0 radical (unpaired) electrons. The van der Waals surface area contributed by atoms with Crippen LogP contribution in [0.25, 0.3) is 22.8 Å². The zero-order chi connectivity index (χ0) is 15.0. The third kappa shape index (κ3) is 2.32. The molecule has 7 nitrogen and oxygen atoms in total. The maximum Gasteiger partial charge on any atom is 0.258 e. The third-order valence-corrected chi connectivity index (χ3v) is 2.94. The lowest BCUT2D eigenvalue weighted by Gasteiger charge is -1.99. The first-order valence-corrected chi connectivity index (χ1v) is 5.99. The van der Waals surface area contributed by atoms with E-state index >= 15 is 0 Å². The van der Waals surface area contributed by atoms with Crippen LogP contribution in [0.4, 0.5) is 5.69 Å². The monoisotopic (exact) mass is 285 g/mol. The summed E-state index contributed by atoms with van der Waals surface area (Å²) in [4.78, 5) is 4.17. The summed E-state index contributed by atoms with van der Waals surface area (Å²) in [7, 11) is 0. The van der Waals surface area contributed by atoms with Gasteiger partial charge in [0.2, 0.25) is 5.82 Å². The smallest absolute Gasteiger partial charge is 0.258 e. The maximum absolute atomic E-state index is 9.58. The van der Waals surface area contributed by atoms with E-state index in [0.717, 1.165) is 0 Å². The van der Waals surface area contributed by atoms with Crippen molar-refractivity contribution in [1.29, 1.82) is 0 Å². The second kappa shape index (κ2) is 4.71. The van der Waals surface area contributed by atoms with Crippen LogP contribution in [0.3, 0.4) is 0 Å². The summed E-state index contributed by atoms with van der Waals surface area (Å²) in [6.07, 6.45) is 0. The molecule has 0 aliphatic rings. The Morgan fingerprint density at radius 1 is 0.857 bits per heavy atom. The summed E-state index contributed by atoms with van der Waals surface area (Å²) in [5.74, 6) is -0.131. The number of phenols is 3. The fraction of sp³-hybridized carbons (Fsp3) is 0. The summed E-state index contributed by atoms with van der Waals surface area (Å²) in [5.41, 5.74) is 6.78. The van der Waals surface area contributed by atoms with Crippen LogP contribution in [-0.4, -0.2) is 25.5 Å². The lowest BCUT2D eigenvalue weighted by molar-refractivity contribution is 0.404. The zero-order valence-corrected chi connectivity index (χ0v) is 10.7. The Bertz CT molecular complexity index is 748. The number of nitrogens with two attached hydrogens (primary N) is 1. The zero-order valence-electron chi connectivity index (χ0n) is 10.7. The van der Waals surface area contributed by atoms with Gasteiger partial charge in [-0.15, -0.1) is 0 Å². The number of benzene rings is 2. The quantitative estimate of drug-likeness (QED) is 0.419. The van der Waals surface area contributed by atoms with Crippen molar-refractivity contribution in [3.63, 3.8) is 0 Å². The summed E-state index contributed by atoms with van der Waals surface area (Å²) >= 11 is 0. The lowest BCUT2D eigenvalue weighted by atomic mass is 10.2. The van der Waals surface area contributed by atoms with Crippen molar-refractivity contribution in [2.24, 2.45) is 0 Å². The Morgan fingerprint density at radius 3 is 2.29 bits per heavy atom. The van der Waals surface area contributed by atoms with Crippen molar-refractivity contribution in [1.82, 2.24) is 10.1 Å². The van der Waals surface area contributed by atoms with Crippen molar-refractivity contribution in [3.8, 4) is 40.1 Å². The van der Waals surface area contributed by atoms with Crippen molar-refractivity contribution >= 4 is 5.69 Å². The number of nitrogens with zero attached hydrogens (tertiary/aromatic N) is 2. The highest BCUT2D eigenvalue weighted by atomic mass is 16.5. The molecule has 5 N–H and O–H groups in total. The number of nitrogen functional groups attached to an aromatic ring is 1. The van der Waals surface area contributed by atoms with Crippen LogP contribution in [0.2, 0.25) is 0 Å². The number of aromatic hydroxyl groups is 3. The van der Waals surface area contributed by atoms with Crippen molar-refractivity contribution < 1.29 is 19.8 Å². The molecular weight excluding hydrogens is 274 g/mol. The molecule has 0 atom stereocenters. The number of aromatic nitrogens is 2. The largest absolute Gasteiger partial charge is 0.506 e. The highest BCUT2D eigenvalue weighted by Crippen LogP contribution is 2.31. The van der Waals surface area contributed by atoms with Gasteiger partial charge in [-0.3, -0.25) is 0 Å². The fourth-order valence-electron chi connectivity index (χ4n) is 1.80. The Labute approximate surface area is 118 Å². The van der Waals surface area contributed by atoms with Gasteiger partial charge in [-0.25, -0.2) is 0 Å². The molecule has 1 heterocycles. The highest BCUT2D eigenvalue weighted by Gasteiger charge is 2.13. The van der Waals surface area contributed by atoms with Crippen LogP contribution in [0.15, 0.2) is 40.9 Å². The van der Waals surface area contributed by atoms with Crippen molar-refractivity contribution in [3.05, 3.63) is 36.4 Å². The molecule has 7 heteroatoms. The van der Waals surface area contributed by atoms with Gasteiger partial charge in [-0.2, -0.15) is 4.98 Å². The average Bonchev–Trinajstić information content (AvgIpc) is 2.94. The van der Waals surface area contributed by atoms with Crippen LogP contribution in [-0.2, 0) is 0 Å². The van der Waals surface area contributed by atoms with E-state index in [1.165, 1.54) is 24.3 Å². The maximum atomic E-state index is 9.58. The van der Waals surface area contributed by atoms with Crippen molar-refractivity contribution in [2.45, 2.75) is 0 Å². The molecule has 0 aliphatic carbocycles. The number of anilines is 1. The minimum absolute atomic E-state index is 0.0745. The Morgan fingerprint density at radius 2 is 1.57 bits per heavy atom. The SMILES string of the molecule is Nc1ccc(-c2nc(-c3ccc(O)c(O)c3)no2)cc1O. The van der Waals surface area contributed by atoms with Gasteiger partial charge in [0.1, 0.15) is 5.75 Å².